The lowest BCUT2D eigenvalue weighted by atomic mass is 9.90. The maximum absolute atomic E-state index is 12.4. The normalized spacial score (nSPS) is 16.0. The third-order valence-corrected chi connectivity index (χ3v) is 5.61. The molecule has 1 aliphatic carbocycles. The molecular weight excluding hydrogens is 348 g/mol. The summed E-state index contributed by atoms with van der Waals surface area (Å²) in [7, 11) is 0. The molecule has 1 aromatic carbocycles. The Labute approximate surface area is 157 Å². The smallest absolute Gasteiger partial charge is 0.228 e. The van der Waals surface area contributed by atoms with E-state index in [1.165, 1.54) is 37.5 Å². The molecule has 0 spiro atoms. The molecule has 0 unspecified atom stereocenters. The molecule has 2 N–H and O–H groups in total. The van der Waals surface area contributed by atoms with Crippen LogP contribution < -0.4 is 10.6 Å². The van der Waals surface area contributed by atoms with Crippen LogP contribution in [0.25, 0.3) is 0 Å². The Balaban J connectivity index is 1.61. The van der Waals surface area contributed by atoms with E-state index >= 15 is 0 Å². The maximum atomic E-state index is 12.4. The van der Waals surface area contributed by atoms with E-state index in [2.05, 4.69) is 20.8 Å². The predicted octanol–water partition coefficient (Wildman–Crippen LogP) is 3.79. The Kier molecular flexibility index (Phi) is 6.33. The van der Waals surface area contributed by atoms with E-state index in [1.54, 1.807) is 0 Å². The van der Waals surface area contributed by atoms with Gasteiger partial charge in [0.1, 0.15) is 5.01 Å². The van der Waals surface area contributed by atoms with Crippen molar-refractivity contribution in [3.63, 3.8) is 0 Å². The first-order valence-electron chi connectivity index (χ1n) is 9.07. The van der Waals surface area contributed by atoms with E-state index in [0.29, 0.717) is 11.0 Å². The number of hydrogen-bond acceptors (Lipinski definition) is 5. The van der Waals surface area contributed by atoms with Crippen molar-refractivity contribution in [2.24, 2.45) is 0 Å². The Morgan fingerprint density at radius 1 is 1.15 bits per heavy atom. The fraction of sp³-hybridized carbons (Fsp3) is 0.474. The van der Waals surface area contributed by atoms with Crippen molar-refractivity contribution < 1.29 is 9.59 Å². The topological polar surface area (TPSA) is 84.0 Å². The highest BCUT2D eigenvalue weighted by Crippen LogP contribution is 2.35. The second-order valence-corrected chi connectivity index (χ2v) is 7.71. The molecule has 2 amide bonds. The molecular formula is C19H24N4O2S. The zero-order valence-corrected chi connectivity index (χ0v) is 15.7. The van der Waals surface area contributed by atoms with Crippen LogP contribution in [0.1, 0.15) is 68.0 Å². The Bertz CT molecular complexity index is 741. The Morgan fingerprint density at radius 3 is 2.58 bits per heavy atom. The van der Waals surface area contributed by atoms with Gasteiger partial charge in [0, 0.05) is 12.8 Å². The van der Waals surface area contributed by atoms with Gasteiger partial charge in [-0.3, -0.25) is 9.59 Å². The molecule has 138 valence electrons. The first-order chi connectivity index (χ1) is 12.6. The molecule has 0 aliphatic heterocycles. The van der Waals surface area contributed by atoms with Gasteiger partial charge in [-0.15, -0.1) is 10.2 Å². The summed E-state index contributed by atoms with van der Waals surface area (Å²) >= 11 is 1.46. The summed E-state index contributed by atoms with van der Waals surface area (Å²) in [4.78, 5) is 23.9. The minimum atomic E-state index is -0.362. The minimum absolute atomic E-state index is 0.155. The molecule has 0 radical (unpaired) electrons. The van der Waals surface area contributed by atoms with Gasteiger partial charge < -0.3 is 10.6 Å². The minimum Gasteiger partial charge on any atom is -0.349 e. The summed E-state index contributed by atoms with van der Waals surface area (Å²) in [6.45, 7) is 1.45. The third-order valence-electron chi connectivity index (χ3n) is 4.61. The van der Waals surface area contributed by atoms with Gasteiger partial charge in [0.05, 0.1) is 12.5 Å². The van der Waals surface area contributed by atoms with Crippen molar-refractivity contribution >= 4 is 28.3 Å². The van der Waals surface area contributed by atoms with Crippen molar-refractivity contribution in [1.29, 1.82) is 0 Å². The molecule has 1 fully saturated rings. The number of nitrogens with zero attached hydrogens (tertiary/aromatic N) is 2. The molecule has 7 heteroatoms. The predicted molar refractivity (Wildman–Crippen MR) is 102 cm³/mol. The van der Waals surface area contributed by atoms with E-state index in [9.17, 15) is 9.59 Å². The number of carbonyl (C=O) groups excluding carboxylic acids is 2. The number of hydrogen-bond donors (Lipinski definition) is 2. The average molecular weight is 372 g/mol. The van der Waals surface area contributed by atoms with Crippen molar-refractivity contribution in [3.8, 4) is 0 Å². The van der Waals surface area contributed by atoms with Crippen LogP contribution in [-0.4, -0.2) is 22.0 Å². The highest BCUT2D eigenvalue weighted by atomic mass is 32.1. The highest BCUT2D eigenvalue weighted by Gasteiger charge is 2.21. The van der Waals surface area contributed by atoms with Gasteiger partial charge in [-0.25, -0.2) is 0 Å². The lowest BCUT2D eigenvalue weighted by Gasteiger charge is -2.18. The van der Waals surface area contributed by atoms with Gasteiger partial charge in [-0.05, 0) is 18.4 Å². The van der Waals surface area contributed by atoms with Gasteiger partial charge in [-0.2, -0.15) is 0 Å². The largest absolute Gasteiger partial charge is 0.349 e. The fourth-order valence-electron chi connectivity index (χ4n) is 3.34. The van der Waals surface area contributed by atoms with Crippen LogP contribution in [0.15, 0.2) is 30.3 Å². The maximum Gasteiger partial charge on any atom is 0.228 e. The van der Waals surface area contributed by atoms with Gasteiger partial charge >= 0.3 is 0 Å². The number of anilines is 1. The fourth-order valence-corrected chi connectivity index (χ4v) is 4.27. The number of carbonyl (C=O) groups is 2. The second kappa shape index (κ2) is 8.89. The van der Waals surface area contributed by atoms with Crippen LogP contribution in [0.4, 0.5) is 5.13 Å². The second-order valence-electron chi connectivity index (χ2n) is 6.70. The number of nitrogens with one attached hydrogen (secondary N) is 2. The molecule has 0 saturated heterocycles. The molecule has 6 nitrogen and oxygen atoms in total. The number of rotatable bonds is 6. The van der Waals surface area contributed by atoms with Crippen LogP contribution in [0.3, 0.4) is 0 Å². The lowest BCUT2D eigenvalue weighted by molar-refractivity contribution is -0.120. The quantitative estimate of drug-likeness (QED) is 0.808. The van der Waals surface area contributed by atoms with Crippen molar-refractivity contribution in [3.05, 3.63) is 40.9 Å². The molecule has 3 rings (SSSR count). The lowest BCUT2D eigenvalue weighted by Crippen LogP contribution is -2.29. The summed E-state index contributed by atoms with van der Waals surface area (Å²) in [6.07, 6.45) is 6.23. The Morgan fingerprint density at radius 2 is 1.88 bits per heavy atom. The monoisotopic (exact) mass is 372 g/mol. The standard InChI is InChI=1S/C19H24N4O2S/c1-13(24)20-16(14-8-4-2-5-9-14)12-17(25)21-19-23-22-18(26-19)15-10-6-3-7-11-15/h2,4-5,8-9,15-16H,3,6-7,10-12H2,1H3,(H,20,24)(H,21,23,25)/t16-/m0/s1. The van der Waals surface area contributed by atoms with Gasteiger partial charge in [0.15, 0.2) is 0 Å². The SMILES string of the molecule is CC(=O)N[C@@H](CC(=O)Nc1nnc(C2CCCCC2)s1)c1ccccc1. The third kappa shape index (κ3) is 5.11. The molecule has 1 saturated carbocycles. The van der Waals surface area contributed by atoms with Crippen LogP contribution >= 0.6 is 11.3 Å². The molecule has 0 bridgehead atoms. The molecule has 1 heterocycles. The molecule has 2 aromatic rings. The molecule has 1 aliphatic rings. The summed E-state index contributed by atoms with van der Waals surface area (Å²) < 4.78 is 0. The van der Waals surface area contributed by atoms with E-state index in [1.807, 2.05) is 30.3 Å². The van der Waals surface area contributed by atoms with Gasteiger partial charge in [0.2, 0.25) is 16.9 Å². The zero-order chi connectivity index (χ0) is 18.4. The molecule has 1 aromatic heterocycles. The molecule has 26 heavy (non-hydrogen) atoms. The van der Waals surface area contributed by atoms with E-state index in [4.69, 9.17) is 0 Å². The van der Waals surface area contributed by atoms with Gasteiger partial charge in [0.25, 0.3) is 0 Å². The zero-order valence-electron chi connectivity index (χ0n) is 14.9. The summed E-state index contributed by atoms with van der Waals surface area (Å²) in [5.74, 6) is 0.129. The highest BCUT2D eigenvalue weighted by molar-refractivity contribution is 7.15. The van der Waals surface area contributed by atoms with Crippen molar-refractivity contribution in [1.82, 2.24) is 15.5 Å². The number of aromatic nitrogens is 2. The number of benzene rings is 1. The van der Waals surface area contributed by atoms with Crippen LogP contribution in [0.5, 0.6) is 0 Å². The average Bonchev–Trinajstić information content (AvgIpc) is 3.10. The summed E-state index contributed by atoms with van der Waals surface area (Å²) in [6, 6.07) is 9.13. The van der Waals surface area contributed by atoms with Crippen LogP contribution in [0, 0.1) is 0 Å². The van der Waals surface area contributed by atoms with Crippen molar-refractivity contribution in [2.45, 2.75) is 57.4 Å². The first-order valence-corrected chi connectivity index (χ1v) is 9.89. The van der Waals surface area contributed by atoms with Crippen LogP contribution in [0.2, 0.25) is 0 Å². The van der Waals surface area contributed by atoms with E-state index in [0.717, 1.165) is 23.4 Å². The summed E-state index contributed by atoms with van der Waals surface area (Å²) in [5.41, 5.74) is 0.901. The number of amides is 2. The molecule has 1 atom stereocenters. The van der Waals surface area contributed by atoms with Gasteiger partial charge in [-0.1, -0.05) is 60.9 Å². The first kappa shape index (κ1) is 18.5. The van der Waals surface area contributed by atoms with Crippen molar-refractivity contribution in [2.75, 3.05) is 5.32 Å². The summed E-state index contributed by atoms with van der Waals surface area (Å²) in [5, 5.41) is 15.6. The Hall–Kier alpha value is -2.28. The van der Waals surface area contributed by atoms with E-state index in [-0.39, 0.29) is 24.3 Å². The van der Waals surface area contributed by atoms with Crippen LogP contribution in [-0.2, 0) is 9.59 Å². The van der Waals surface area contributed by atoms with E-state index < -0.39 is 0 Å².